The summed E-state index contributed by atoms with van der Waals surface area (Å²) < 4.78 is 0. The molecule has 28 valence electrons. The maximum atomic E-state index is 0. The fraction of sp³-hybridized carbons (Fsp3) is 0. The van der Waals surface area contributed by atoms with Crippen LogP contribution >= 0.6 is 13.5 Å². The van der Waals surface area contributed by atoms with Crippen LogP contribution in [0.4, 0.5) is 0 Å². The van der Waals surface area contributed by atoms with Gasteiger partial charge < -0.3 is 27.7 Å². The Kier molecular flexibility index (Phi) is 187. The molecule has 0 aromatic rings. The smallest absolute Gasteiger partial charge is 1.00 e. The van der Waals surface area contributed by atoms with Crippen LogP contribution in [0.1, 0.15) is 2.85 Å². The van der Waals surface area contributed by atoms with Crippen molar-refractivity contribution in [1.82, 2.24) is 0 Å². The quantitative estimate of drug-likeness (QED) is 0.388. The first-order chi connectivity index (χ1) is 0. The molecule has 0 nitrogen and oxygen atoms in total. The van der Waals surface area contributed by atoms with Crippen molar-refractivity contribution in [2.45, 2.75) is 0 Å². The average molecular weight is 284 g/mol. The van der Waals surface area contributed by atoms with Gasteiger partial charge in [0.1, 0.15) is 0 Å². The molecule has 0 saturated carbocycles. The van der Waals surface area contributed by atoms with E-state index in [1.54, 1.807) is 0 Å². The number of halogens is 2. The zero-order valence-electron chi connectivity index (χ0n) is 4.67. The molecule has 5 heavy (non-hydrogen) atoms. The van der Waals surface area contributed by atoms with Gasteiger partial charge in [-0.05, 0) is 0 Å². The van der Waals surface area contributed by atoms with E-state index in [1.807, 2.05) is 0 Å². The van der Waals surface area contributed by atoms with E-state index in [1.165, 1.54) is 0 Å². The zero-order valence-corrected chi connectivity index (χ0v) is 11.8. The van der Waals surface area contributed by atoms with E-state index < -0.39 is 0 Å². The van der Waals surface area contributed by atoms with Crippen LogP contribution in [0.25, 0.3) is 0 Å². The Labute approximate surface area is 125 Å². The van der Waals surface area contributed by atoms with Gasteiger partial charge in [0.2, 0.25) is 0 Å². The van der Waals surface area contributed by atoms with E-state index in [2.05, 4.69) is 0 Å². The molecule has 0 N–H and O–H groups in total. The molecule has 0 aliphatic carbocycles. The molecule has 0 saturated heterocycles. The van der Waals surface area contributed by atoms with Crippen LogP contribution in [0.2, 0.25) is 0 Å². The van der Waals surface area contributed by atoms with E-state index in [4.69, 9.17) is 0 Å². The minimum absolute atomic E-state index is 0. The molecular weight excluding hydrogens is 280 g/mol. The topological polar surface area (TPSA) is 0 Å². The summed E-state index contributed by atoms with van der Waals surface area (Å²) in [6, 6.07) is 0. The fourth-order valence-electron chi connectivity index (χ4n) is 0. The third-order valence-corrected chi connectivity index (χ3v) is 0. The Morgan fingerprint density at radius 1 is 1.00 bits per heavy atom. The van der Waals surface area contributed by atoms with Crippen LogP contribution < -0.4 is 24.8 Å². The van der Waals surface area contributed by atoms with Gasteiger partial charge in [0.25, 0.3) is 0 Å². The number of hydrogen-bond donors (Lipinski definition) is 0. The largest absolute Gasteiger partial charge is 2.00 e. The SMILES string of the molecule is S.[Ba+2].[Ca+2].[Cl-].[Cl-].[H-].[H-]. The standard InChI is InChI=1S/Ba.Ca.2ClH.H2S.2H/h;;2*1H;1H2;;/q2*+2;;;;2*-1/p-2. The molecular formula is H4BaCaCl2S. The van der Waals surface area contributed by atoms with Crippen molar-refractivity contribution < 1.29 is 27.7 Å². The summed E-state index contributed by atoms with van der Waals surface area (Å²) in [5, 5.41) is 0. The minimum Gasteiger partial charge on any atom is -1.00 e. The van der Waals surface area contributed by atoms with Crippen LogP contribution in [0.3, 0.4) is 0 Å². The predicted octanol–water partition coefficient (Wildman–Crippen LogP) is -6.42. The molecule has 0 radical (unpaired) electrons. The summed E-state index contributed by atoms with van der Waals surface area (Å²) in [7, 11) is 0. The molecule has 0 unspecified atom stereocenters. The summed E-state index contributed by atoms with van der Waals surface area (Å²) in [6.45, 7) is 0. The molecule has 0 heterocycles. The van der Waals surface area contributed by atoms with Crippen molar-refractivity contribution >= 4 is 100 Å². The third-order valence-electron chi connectivity index (χ3n) is 0. The average Bonchev–Trinajstić information content (AvgIpc) is 0. The summed E-state index contributed by atoms with van der Waals surface area (Å²) in [4.78, 5) is 0. The van der Waals surface area contributed by atoms with Gasteiger partial charge in [0, 0.05) is 0 Å². The monoisotopic (exact) mass is 284 g/mol. The van der Waals surface area contributed by atoms with Crippen molar-refractivity contribution in [3.8, 4) is 0 Å². The predicted molar refractivity (Wildman–Crippen MR) is 24.1 cm³/mol. The molecule has 0 amide bonds. The van der Waals surface area contributed by atoms with Gasteiger partial charge in [-0.15, -0.1) is 0 Å². The molecule has 0 atom stereocenters. The molecule has 0 bridgehead atoms. The first kappa shape index (κ1) is 37.3. The number of hydrogen-bond acceptors (Lipinski definition) is 0. The summed E-state index contributed by atoms with van der Waals surface area (Å²) >= 11 is 0. The molecule has 0 fully saturated rings. The van der Waals surface area contributed by atoms with E-state index in [0.29, 0.717) is 0 Å². The van der Waals surface area contributed by atoms with E-state index in [0.717, 1.165) is 0 Å². The minimum atomic E-state index is 0. The summed E-state index contributed by atoms with van der Waals surface area (Å²) in [5.41, 5.74) is 0. The van der Waals surface area contributed by atoms with Crippen LogP contribution in [0, 0.1) is 0 Å². The van der Waals surface area contributed by atoms with Gasteiger partial charge in [-0.2, -0.15) is 13.5 Å². The first-order valence-corrected chi connectivity index (χ1v) is 0. The third kappa shape index (κ3) is 18.2. The maximum Gasteiger partial charge on any atom is 2.00 e. The van der Waals surface area contributed by atoms with Gasteiger partial charge in [0.15, 0.2) is 0 Å². The van der Waals surface area contributed by atoms with Crippen molar-refractivity contribution in [3.05, 3.63) is 0 Å². The van der Waals surface area contributed by atoms with E-state index in [-0.39, 0.29) is 128 Å². The Morgan fingerprint density at radius 2 is 1.00 bits per heavy atom. The summed E-state index contributed by atoms with van der Waals surface area (Å²) in [6.07, 6.45) is 0. The fourth-order valence-corrected chi connectivity index (χ4v) is 0. The molecule has 5 heteroatoms. The van der Waals surface area contributed by atoms with Gasteiger partial charge >= 0.3 is 86.6 Å². The van der Waals surface area contributed by atoms with Crippen LogP contribution in [0.5, 0.6) is 0 Å². The van der Waals surface area contributed by atoms with E-state index in [9.17, 15) is 0 Å². The second-order valence-corrected chi connectivity index (χ2v) is 0. The Bertz CT molecular complexity index is 15.7. The normalized spacial score (nSPS) is 0. The van der Waals surface area contributed by atoms with Crippen molar-refractivity contribution in [2.24, 2.45) is 0 Å². The van der Waals surface area contributed by atoms with E-state index >= 15 is 0 Å². The Hall–Kier alpha value is 3.76. The van der Waals surface area contributed by atoms with Crippen molar-refractivity contribution in [3.63, 3.8) is 0 Å². The molecule has 0 aliphatic rings. The zero-order chi connectivity index (χ0) is 0. The first-order valence-electron chi connectivity index (χ1n) is 0. The van der Waals surface area contributed by atoms with Gasteiger partial charge in [-0.3, -0.25) is 0 Å². The van der Waals surface area contributed by atoms with Crippen LogP contribution in [0.15, 0.2) is 0 Å². The van der Waals surface area contributed by atoms with Gasteiger partial charge in [-0.1, -0.05) is 0 Å². The molecule has 0 aliphatic heterocycles. The van der Waals surface area contributed by atoms with Crippen molar-refractivity contribution in [1.29, 1.82) is 0 Å². The molecule has 0 aromatic heterocycles. The maximum absolute atomic E-state index is 0. The second-order valence-electron chi connectivity index (χ2n) is 0. The second kappa shape index (κ2) is 25.1. The van der Waals surface area contributed by atoms with Gasteiger partial charge in [0.05, 0.1) is 0 Å². The van der Waals surface area contributed by atoms with Crippen molar-refractivity contribution in [2.75, 3.05) is 0 Å². The van der Waals surface area contributed by atoms with Gasteiger partial charge in [-0.25, -0.2) is 0 Å². The summed E-state index contributed by atoms with van der Waals surface area (Å²) in [5.74, 6) is 0. The molecule has 0 rings (SSSR count). The van der Waals surface area contributed by atoms with Crippen LogP contribution in [-0.2, 0) is 0 Å². The Balaban J connectivity index is 0. The number of rotatable bonds is 0. The van der Waals surface area contributed by atoms with Crippen LogP contribution in [-0.4, -0.2) is 86.6 Å². The molecule has 0 spiro atoms. The Morgan fingerprint density at radius 3 is 1.00 bits per heavy atom. The molecule has 0 aromatic carbocycles.